The summed E-state index contributed by atoms with van der Waals surface area (Å²) in [6.07, 6.45) is -2.88. The van der Waals surface area contributed by atoms with Crippen LogP contribution in [0.25, 0.3) is 16.7 Å². The lowest BCUT2D eigenvalue weighted by Gasteiger charge is -2.27. The van der Waals surface area contributed by atoms with Gasteiger partial charge in [-0.05, 0) is 51.8 Å². The maximum Gasteiger partial charge on any atom is 0.431 e. The molecule has 0 spiro atoms. The molecular formula is C23H28F3N5O5S. The highest BCUT2D eigenvalue weighted by Crippen LogP contribution is 2.40. The van der Waals surface area contributed by atoms with Crippen LogP contribution in [0, 0.1) is 0 Å². The second-order valence-electron chi connectivity index (χ2n) is 9.93. The molecule has 37 heavy (non-hydrogen) atoms. The minimum absolute atomic E-state index is 0.0601. The first-order valence-electron chi connectivity index (χ1n) is 11.6. The molecule has 1 aliphatic carbocycles. The lowest BCUT2D eigenvalue weighted by molar-refractivity contribution is -0.144. The van der Waals surface area contributed by atoms with Crippen molar-refractivity contribution in [2.75, 3.05) is 5.75 Å². The number of carbonyl (C=O) groups excluding carboxylic acids is 1. The highest BCUT2D eigenvalue weighted by Gasteiger charge is 2.40. The van der Waals surface area contributed by atoms with Crippen LogP contribution in [0.2, 0.25) is 0 Å². The Balaban J connectivity index is 1.86. The Morgan fingerprint density at radius 2 is 1.92 bits per heavy atom. The van der Waals surface area contributed by atoms with Crippen LogP contribution in [0.4, 0.5) is 18.0 Å². The maximum absolute atomic E-state index is 13.8. The molecule has 2 aromatic rings. The number of rotatable bonds is 5. The predicted octanol–water partition coefficient (Wildman–Crippen LogP) is 3.20. The van der Waals surface area contributed by atoms with Gasteiger partial charge in [0.05, 0.1) is 21.9 Å². The molecule has 2 aromatic heterocycles. The SMILES string of the molecule is CCS(=O)(=O)C1=C(c2nc3cc(C(F)(F)F)n(C4CC4)c(=O)c3n2C)NC(NC(=O)OC(C)(C)C)C=C1. The van der Waals surface area contributed by atoms with Gasteiger partial charge in [0, 0.05) is 13.1 Å². The number of imidazole rings is 1. The van der Waals surface area contributed by atoms with Crippen molar-refractivity contribution >= 4 is 32.7 Å². The molecule has 14 heteroatoms. The number of halogens is 3. The lowest BCUT2D eigenvalue weighted by Crippen LogP contribution is -2.47. The maximum atomic E-state index is 13.8. The number of allylic oxidation sites excluding steroid dienone is 1. The molecule has 2 N–H and O–H groups in total. The molecule has 1 saturated carbocycles. The summed E-state index contributed by atoms with van der Waals surface area (Å²) in [7, 11) is -2.41. The van der Waals surface area contributed by atoms with Gasteiger partial charge in [-0.3, -0.25) is 14.7 Å². The number of pyridine rings is 1. The van der Waals surface area contributed by atoms with E-state index < -0.39 is 51.2 Å². The first kappa shape index (κ1) is 26.8. The smallest absolute Gasteiger partial charge is 0.431 e. The number of aryl methyl sites for hydroxylation is 1. The van der Waals surface area contributed by atoms with Gasteiger partial charge in [-0.2, -0.15) is 13.2 Å². The number of hydrogen-bond donors (Lipinski definition) is 2. The first-order valence-corrected chi connectivity index (χ1v) is 13.3. The zero-order valence-electron chi connectivity index (χ0n) is 20.9. The van der Waals surface area contributed by atoms with E-state index in [0.29, 0.717) is 12.8 Å². The molecule has 1 atom stereocenters. The van der Waals surface area contributed by atoms with Crippen molar-refractivity contribution in [2.45, 2.75) is 64.5 Å². The van der Waals surface area contributed by atoms with Crippen LogP contribution < -0.4 is 16.2 Å². The first-order chi connectivity index (χ1) is 17.0. The van der Waals surface area contributed by atoms with Crippen molar-refractivity contribution in [1.82, 2.24) is 24.8 Å². The molecule has 0 radical (unpaired) electrons. The Morgan fingerprint density at radius 1 is 1.27 bits per heavy atom. The van der Waals surface area contributed by atoms with Crippen LogP contribution in [0.15, 0.2) is 27.9 Å². The average molecular weight is 544 g/mol. The number of carbonyl (C=O) groups is 1. The van der Waals surface area contributed by atoms with E-state index in [2.05, 4.69) is 15.6 Å². The molecular weight excluding hydrogens is 515 g/mol. The number of amides is 1. The second-order valence-corrected chi connectivity index (χ2v) is 12.2. The Hall–Kier alpha value is -3.29. The predicted molar refractivity (Wildman–Crippen MR) is 130 cm³/mol. The minimum atomic E-state index is -4.78. The van der Waals surface area contributed by atoms with Crippen molar-refractivity contribution in [3.8, 4) is 0 Å². The van der Waals surface area contributed by atoms with Gasteiger partial charge in [-0.15, -0.1) is 0 Å². The Labute approximate surface area is 211 Å². The summed E-state index contributed by atoms with van der Waals surface area (Å²) in [5, 5.41) is 5.43. The van der Waals surface area contributed by atoms with E-state index >= 15 is 0 Å². The van der Waals surface area contributed by atoms with E-state index in [1.165, 1.54) is 30.7 Å². The van der Waals surface area contributed by atoms with Crippen molar-refractivity contribution in [1.29, 1.82) is 0 Å². The van der Waals surface area contributed by atoms with E-state index in [0.717, 1.165) is 10.6 Å². The van der Waals surface area contributed by atoms with Crippen LogP contribution in [-0.4, -0.2) is 46.1 Å². The summed E-state index contributed by atoms with van der Waals surface area (Å²) < 4.78 is 74.4. The van der Waals surface area contributed by atoms with Crippen LogP contribution in [0.3, 0.4) is 0 Å². The van der Waals surface area contributed by atoms with Gasteiger partial charge in [-0.1, -0.05) is 6.92 Å². The number of ether oxygens (including phenoxy) is 1. The van der Waals surface area contributed by atoms with Gasteiger partial charge in [0.1, 0.15) is 23.0 Å². The number of hydrogen-bond acceptors (Lipinski definition) is 7. The van der Waals surface area contributed by atoms with Crippen molar-refractivity contribution in [3.63, 3.8) is 0 Å². The molecule has 0 saturated heterocycles. The minimum Gasteiger partial charge on any atom is -0.444 e. The van der Waals surface area contributed by atoms with Crippen LogP contribution in [0.5, 0.6) is 0 Å². The summed E-state index contributed by atoms with van der Waals surface area (Å²) in [6.45, 7) is 6.47. The lowest BCUT2D eigenvalue weighted by atomic mass is 10.2. The standard InChI is InChI=1S/C23H28F3N5O5S/c1-6-37(34,35)14-9-10-16(29-21(33)36-22(2,3)4)28-17(14)19-27-13-11-15(23(24,25)26)31(12-7-8-12)20(32)18(13)30(19)5/h9-12,16,28H,6-8H2,1-5H3,(H,29,33). The highest BCUT2D eigenvalue weighted by atomic mass is 32.2. The quantitative estimate of drug-likeness (QED) is 0.594. The number of alkyl carbamates (subject to hydrolysis) is 1. The van der Waals surface area contributed by atoms with E-state index in [1.54, 1.807) is 20.8 Å². The molecule has 1 fully saturated rings. The molecule has 1 unspecified atom stereocenters. The molecule has 4 rings (SSSR count). The number of nitrogens with one attached hydrogen (secondary N) is 2. The van der Waals surface area contributed by atoms with Gasteiger partial charge in [-0.25, -0.2) is 18.2 Å². The van der Waals surface area contributed by atoms with Crippen LogP contribution >= 0.6 is 0 Å². The summed E-state index contributed by atoms with van der Waals surface area (Å²) >= 11 is 0. The molecule has 0 aromatic carbocycles. The molecule has 2 aliphatic rings. The number of dihydropyridines is 1. The number of sulfone groups is 1. The summed E-state index contributed by atoms with van der Waals surface area (Å²) in [6, 6.07) is 0.252. The Bertz CT molecular complexity index is 1490. The van der Waals surface area contributed by atoms with Crippen molar-refractivity contribution < 1.29 is 31.1 Å². The van der Waals surface area contributed by atoms with Gasteiger partial charge in [0.15, 0.2) is 15.7 Å². The fourth-order valence-electron chi connectivity index (χ4n) is 4.08. The Kier molecular flexibility index (Phi) is 6.46. The summed E-state index contributed by atoms with van der Waals surface area (Å²) in [5.41, 5.74) is -3.12. The molecule has 10 nitrogen and oxygen atoms in total. The van der Waals surface area contributed by atoms with Crippen LogP contribution in [0.1, 0.15) is 58.1 Å². The molecule has 1 amide bonds. The van der Waals surface area contributed by atoms with Crippen molar-refractivity contribution in [2.24, 2.45) is 7.05 Å². The van der Waals surface area contributed by atoms with E-state index in [1.807, 2.05) is 0 Å². The van der Waals surface area contributed by atoms with Crippen LogP contribution in [-0.2, 0) is 27.8 Å². The fourth-order valence-corrected chi connectivity index (χ4v) is 5.14. The van der Waals surface area contributed by atoms with Gasteiger partial charge < -0.3 is 14.6 Å². The summed E-state index contributed by atoms with van der Waals surface area (Å²) in [5.74, 6) is -0.334. The summed E-state index contributed by atoms with van der Waals surface area (Å²) in [4.78, 5) is 29.6. The Morgan fingerprint density at radius 3 is 2.46 bits per heavy atom. The van der Waals surface area contributed by atoms with E-state index in [-0.39, 0.29) is 33.2 Å². The average Bonchev–Trinajstić information content (AvgIpc) is 3.54. The molecule has 3 heterocycles. The number of alkyl halides is 3. The highest BCUT2D eigenvalue weighted by molar-refractivity contribution is 7.95. The molecule has 1 aliphatic heterocycles. The number of nitrogens with zero attached hydrogens (tertiary/aromatic N) is 3. The normalized spacial score (nSPS) is 18.8. The largest absolute Gasteiger partial charge is 0.444 e. The number of aromatic nitrogens is 3. The second kappa shape index (κ2) is 8.92. The fraction of sp³-hybridized carbons (Fsp3) is 0.522. The number of fused-ring (bicyclic) bond motifs is 1. The zero-order valence-corrected chi connectivity index (χ0v) is 21.7. The van der Waals surface area contributed by atoms with E-state index in [4.69, 9.17) is 4.74 Å². The third kappa shape index (κ3) is 5.24. The van der Waals surface area contributed by atoms with Crippen molar-refractivity contribution in [3.05, 3.63) is 45.0 Å². The van der Waals surface area contributed by atoms with E-state index in [9.17, 15) is 31.2 Å². The van der Waals surface area contributed by atoms with Gasteiger partial charge in [0.2, 0.25) is 0 Å². The zero-order chi connectivity index (χ0) is 27.5. The monoisotopic (exact) mass is 543 g/mol. The molecule has 0 bridgehead atoms. The third-order valence-electron chi connectivity index (χ3n) is 5.88. The van der Waals surface area contributed by atoms with Gasteiger partial charge in [0.25, 0.3) is 5.56 Å². The van der Waals surface area contributed by atoms with Gasteiger partial charge >= 0.3 is 12.3 Å². The topological polar surface area (TPSA) is 124 Å². The molecule has 202 valence electrons. The third-order valence-corrected chi connectivity index (χ3v) is 7.65.